The van der Waals surface area contributed by atoms with Gasteiger partial charge in [0, 0.05) is 12.1 Å². The lowest BCUT2D eigenvalue weighted by atomic mass is 10.1. The van der Waals surface area contributed by atoms with Gasteiger partial charge in [-0.05, 0) is 25.5 Å². The number of hydrogen-bond donors (Lipinski definition) is 1. The van der Waals surface area contributed by atoms with E-state index in [1.54, 1.807) is 4.57 Å². The molecule has 0 fully saturated rings. The molecule has 8 heteroatoms. The molecule has 0 saturated heterocycles. The van der Waals surface area contributed by atoms with E-state index in [-0.39, 0.29) is 5.69 Å². The van der Waals surface area contributed by atoms with E-state index in [1.165, 1.54) is 17.3 Å². The first-order valence-electron chi connectivity index (χ1n) is 7.85. The first-order valence-corrected chi connectivity index (χ1v) is 8.83. The highest BCUT2D eigenvalue weighted by Gasteiger charge is 2.12. The number of benzene rings is 1. The number of H-pyrrole nitrogens is 1. The molecule has 24 heavy (non-hydrogen) atoms. The van der Waals surface area contributed by atoms with Crippen LogP contribution in [-0.4, -0.2) is 24.9 Å². The lowest BCUT2D eigenvalue weighted by molar-refractivity contribution is 0.425. The molecule has 0 saturated carbocycles. The standard InChI is InChI=1S/C16H19N5O2S/c1-3-4-9-21-15(22)18-19-16(21)24-10-13-17-14(23-20-13)12-7-5-11(2)6-8-12/h5-8H,3-4,9-10H2,1-2H3,(H,18,22). The second kappa shape index (κ2) is 7.48. The Morgan fingerprint density at radius 2 is 2.08 bits per heavy atom. The summed E-state index contributed by atoms with van der Waals surface area (Å²) in [4.78, 5) is 16.2. The number of aromatic amines is 1. The van der Waals surface area contributed by atoms with Crippen LogP contribution in [0.5, 0.6) is 0 Å². The Balaban J connectivity index is 1.68. The van der Waals surface area contributed by atoms with E-state index in [4.69, 9.17) is 4.52 Å². The van der Waals surface area contributed by atoms with E-state index < -0.39 is 0 Å². The molecule has 7 nitrogen and oxygen atoms in total. The highest BCUT2D eigenvalue weighted by Crippen LogP contribution is 2.22. The van der Waals surface area contributed by atoms with Gasteiger partial charge in [-0.1, -0.05) is 48.0 Å². The predicted molar refractivity (Wildman–Crippen MR) is 91.8 cm³/mol. The summed E-state index contributed by atoms with van der Waals surface area (Å²) in [6.07, 6.45) is 1.96. The van der Waals surface area contributed by atoms with Crippen LogP contribution in [0, 0.1) is 6.92 Å². The molecular weight excluding hydrogens is 326 g/mol. The van der Waals surface area contributed by atoms with Gasteiger partial charge in [-0.15, -0.1) is 5.10 Å². The summed E-state index contributed by atoms with van der Waals surface area (Å²) in [5, 5.41) is 11.2. The van der Waals surface area contributed by atoms with Crippen LogP contribution in [0.1, 0.15) is 31.2 Å². The molecule has 1 N–H and O–H groups in total. The summed E-state index contributed by atoms with van der Waals surface area (Å²) < 4.78 is 6.96. The van der Waals surface area contributed by atoms with Gasteiger partial charge in [-0.25, -0.2) is 9.89 Å². The van der Waals surface area contributed by atoms with Crippen molar-refractivity contribution in [2.24, 2.45) is 0 Å². The van der Waals surface area contributed by atoms with Crippen molar-refractivity contribution in [1.29, 1.82) is 0 Å². The predicted octanol–water partition coefficient (Wildman–Crippen LogP) is 3.02. The average Bonchev–Trinajstić information content (AvgIpc) is 3.19. The second-order valence-corrected chi connectivity index (χ2v) is 6.43. The van der Waals surface area contributed by atoms with Crippen molar-refractivity contribution in [3.05, 3.63) is 46.1 Å². The lowest BCUT2D eigenvalue weighted by Crippen LogP contribution is -2.17. The van der Waals surface area contributed by atoms with Crippen molar-refractivity contribution in [3.8, 4) is 11.5 Å². The van der Waals surface area contributed by atoms with Crippen LogP contribution >= 0.6 is 11.8 Å². The Labute approximate surface area is 143 Å². The molecule has 0 spiro atoms. The fourth-order valence-electron chi connectivity index (χ4n) is 2.18. The number of aryl methyl sites for hydroxylation is 1. The van der Waals surface area contributed by atoms with Gasteiger partial charge >= 0.3 is 5.69 Å². The van der Waals surface area contributed by atoms with E-state index in [1.807, 2.05) is 31.2 Å². The Bertz CT molecular complexity index is 850. The maximum atomic E-state index is 11.8. The maximum absolute atomic E-state index is 11.8. The van der Waals surface area contributed by atoms with Crippen LogP contribution in [0.25, 0.3) is 11.5 Å². The maximum Gasteiger partial charge on any atom is 0.343 e. The third kappa shape index (κ3) is 3.76. The Hall–Kier alpha value is -2.35. The van der Waals surface area contributed by atoms with Crippen molar-refractivity contribution in [2.45, 2.75) is 44.1 Å². The van der Waals surface area contributed by atoms with Crippen LogP contribution < -0.4 is 5.69 Å². The number of rotatable bonds is 7. The topological polar surface area (TPSA) is 89.6 Å². The molecule has 126 valence electrons. The van der Waals surface area contributed by atoms with Crippen LogP contribution in [0.15, 0.2) is 38.7 Å². The zero-order valence-corrected chi connectivity index (χ0v) is 14.5. The summed E-state index contributed by atoms with van der Waals surface area (Å²) in [5.41, 5.74) is 1.89. The molecule has 0 bridgehead atoms. The van der Waals surface area contributed by atoms with Crippen LogP contribution in [-0.2, 0) is 12.3 Å². The molecular formula is C16H19N5O2S. The fraction of sp³-hybridized carbons (Fsp3) is 0.375. The van der Waals surface area contributed by atoms with E-state index >= 15 is 0 Å². The Morgan fingerprint density at radius 3 is 2.83 bits per heavy atom. The summed E-state index contributed by atoms with van der Waals surface area (Å²) in [5.74, 6) is 1.57. The fourth-order valence-corrected chi connectivity index (χ4v) is 3.00. The number of thioether (sulfide) groups is 1. The zero-order chi connectivity index (χ0) is 16.9. The summed E-state index contributed by atoms with van der Waals surface area (Å²) >= 11 is 1.42. The van der Waals surface area contributed by atoms with Crippen LogP contribution in [0.4, 0.5) is 0 Å². The molecule has 0 aliphatic heterocycles. The smallest absolute Gasteiger partial charge is 0.334 e. The number of nitrogens with zero attached hydrogens (tertiary/aromatic N) is 4. The summed E-state index contributed by atoms with van der Waals surface area (Å²) in [7, 11) is 0. The Kier molecular flexibility index (Phi) is 5.14. The van der Waals surface area contributed by atoms with Crippen molar-refractivity contribution >= 4 is 11.8 Å². The highest BCUT2D eigenvalue weighted by atomic mass is 32.2. The lowest BCUT2D eigenvalue weighted by Gasteiger charge is -2.02. The molecule has 1 aromatic carbocycles. The average molecular weight is 345 g/mol. The van der Waals surface area contributed by atoms with Gasteiger partial charge in [-0.3, -0.25) is 4.57 Å². The van der Waals surface area contributed by atoms with Crippen molar-refractivity contribution in [3.63, 3.8) is 0 Å². The zero-order valence-electron chi connectivity index (χ0n) is 13.7. The molecule has 2 heterocycles. The van der Waals surface area contributed by atoms with Gasteiger partial charge in [0.25, 0.3) is 5.89 Å². The van der Waals surface area contributed by atoms with Crippen molar-refractivity contribution < 1.29 is 4.52 Å². The number of nitrogens with one attached hydrogen (secondary N) is 1. The summed E-state index contributed by atoms with van der Waals surface area (Å²) in [6.45, 7) is 4.78. The molecule has 0 aliphatic rings. The molecule has 0 unspecified atom stereocenters. The monoisotopic (exact) mass is 345 g/mol. The molecule has 0 amide bonds. The third-order valence-electron chi connectivity index (χ3n) is 3.56. The van der Waals surface area contributed by atoms with Gasteiger partial charge in [-0.2, -0.15) is 4.98 Å². The van der Waals surface area contributed by atoms with Crippen molar-refractivity contribution in [1.82, 2.24) is 24.9 Å². The Morgan fingerprint density at radius 1 is 1.29 bits per heavy atom. The van der Waals surface area contributed by atoms with Gasteiger partial charge in [0.1, 0.15) is 0 Å². The van der Waals surface area contributed by atoms with Gasteiger partial charge in [0.2, 0.25) is 0 Å². The summed E-state index contributed by atoms with van der Waals surface area (Å²) in [6, 6.07) is 7.92. The van der Waals surface area contributed by atoms with Gasteiger partial charge in [0.15, 0.2) is 11.0 Å². The van der Waals surface area contributed by atoms with Crippen molar-refractivity contribution in [2.75, 3.05) is 0 Å². The second-order valence-electron chi connectivity index (χ2n) is 5.49. The molecule has 3 rings (SSSR count). The largest absolute Gasteiger partial charge is 0.343 e. The first kappa shape index (κ1) is 16.5. The minimum atomic E-state index is -0.181. The van der Waals surface area contributed by atoms with Crippen LogP contribution in [0.3, 0.4) is 0 Å². The first-order chi connectivity index (χ1) is 11.7. The third-order valence-corrected chi connectivity index (χ3v) is 4.53. The molecule has 2 aromatic heterocycles. The molecule has 0 atom stereocenters. The van der Waals surface area contributed by atoms with Gasteiger partial charge < -0.3 is 4.52 Å². The molecule has 0 radical (unpaired) electrons. The van der Waals surface area contributed by atoms with E-state index in [9.17, 15) is 4.79 Å². The molecule has 3 aromatic rings. The van der Waals surface area contributed by atoms with E-state index in [0.717, 1.165) is 18.4 Å². The number of unbranched alkanes of at least 4 members (excludes halogenated alkanes) is 1. The van der Waals surface area contributed by atoms with E-state index in [2.05, 4.69) is 27.3 Å². The highest BCUT2D eigenvalue weighted by molar-refractivity contribution is 7.98. The number of hydrogen-bond acceptors (Lipinski definition) is 6. The normalized spacial score (nSPS) is 11.1. The van der Waals surface area contributed by atoms with Gasteiger partial charge in [0.05, 0.1) is 5.75 Å². The van der Waals surface area contributed by atoms with E-state index in [0.29, 0.717) is 29.2 Å². The SMILES string of the molecule is CCCCn1c(SCc2noc(-c3ccc(C)cc3)n2)n[nH]c1=O. The number of aromatic nitrogens is 5. The van der Waals surface area contributed by atoms with Crippen LogP contribution in [0.2, 0.25) is 0 Å². The minimum absolute atomic E-state index is 0.181. The quantitative estimate of drug-likeness (QED) is 0.662. The molecule has 0 aliphatic carbocycles. The minimum Gasteiger partial charge on any atom is -0.334 e.